The van der Waals surface area contributed by atoms with Crippen LogP contribution in [0.25, 0.3) is 0 Å². The lowest BCUT2D eigenvalue weighted by Crippen LogP contribution is -2.16. The molecule has 140 valence electrons. The molecule has 27 heavy (non-hydrogen) atoms. The summed E-state index contributed by atoms with van der Waals surface area (Å²) in [5, 5.41) is 6.37. The highest BCUT2D eigenvalue weighted by Crippen LogP contribution is 2.22. The number of hydrogen-bond acceptors (Lipinski definition) is 4. The van der Waals surface area contributed by atoms with E-state index in [0.717, 1.165) is 16.7 Å². The van der Waals surface area contributed by atoms with Crippen LogP contribution in [0.1, 0.15) is 38.5 Å². The summed E-state index contributed by atoms with van der Waals surface area (Å²) in [7, 11) is 0. The molecule has 0 aliphatic carbocycles. The van der Waals surface area contributed by atoms with E-state index in [1.807, 2.05) is 39.0 Å². The number of anilines is 1. The summed E-state index contributed by atoms with van der Waals surface area (Å²) in [6, 6.07) is 10.4. The molecule has 0 aliphatic rings. The van der Waals surface area contributed by atoms with Gasteiger partial charge in [0, 0.05) is 0 Å². The molecular weight excluding hydrogens is 347 g/mol. The zero-order valence-corrected chi connectivity index (χ0v) is 15.7. The fourth-order valence-corrected chi connectivity index (χ4v) is 2.83. The van der Waals surface area contributed by atoms with Crippen LogP contribution in [-0.4, -0.2) is 11.1 Å². The first-order chi connectivity index (χ1) is 12.8. The number of hydrogen-bond donors (Lipinski definition) is 1. The van der Waals surface area contributed by atoms with Crippen molar-refractivity contribution >= 4 is 11.6 Å². The molecule has 0 spiro atoms. The first-order valence-electron chi connectivity index (χ1n) is 8.57. The van der Waals surface area contributed by atoms with Gasteiger partial charge in [-0.25, -0.2) is 4.39 Å². The molecule has 6 heteroatoms. The lowest BCUT2D eigenvalue weighted by Gasteiger charge is -2.09. The maximum absolute atomic E-state index is 13.9. The highest BCUT2D eigenvalue weighted by atomic mass is 19.1. The van der Waals surface area contributed by atoms with E-state index < -0.39 is 11.7 Å². The molecule has 0 saturated heterocycles. The molecule has 1 heterocycles. The number of rotatable bonds is 5. The van der Waals surface area contributed by atoms with Gasteiger partial charge < -0.3 is 14.6 Å². The van der Waals surface area contributed by atoms with Crippen molar-refractivity contribution < 1.29 is 18.4 Å². The molecule has 5 nitrogen and oxygen atoms in total. The van der Waals surface area contributed by atoms with Gasteiger partial charge in [-0.1, -0.05) is 17.3 Å². The van der Waals surface area contributed by atoms with Crippen molar-refractivity contribution in [2.45, 2.75) is 34.3 Å². The molecule has 0 unspecified atom stereocenters. The second-order valence-corrected chi connectivity index (χ2v) is 6.62. The summed E-state index contributed by atoms with van der Waals surface area (Å²) in [6.45, 7) is 7.62. The minimum absolute atomic E-state index is 0.0813. The van der Waals surface area contributed by atoms with Gasteiger partial charge in [-0.3, -0.25) is 4.79 Å². The van der Waals surface area contributed by atoms with Crippen molar-refractivity contribution in [1.82, 2.24) is 5.16 Å². The quantitative estimate of drug-likeness (QED) is 0.697. The predicted octanol–water partition coefficient (Wildman–Crippen LogP) is 4.88. The Labute approximate surface area is 157 Å². The average Bonchev–Trinajstić information content (AvgIpc) is 2.96. The van der Waals surface area contributed by atoms with E-state index in [4.69, 9.17) is 9.26 Å². The van der Waals surface area contributed by atoms with Crippen LogP contribution in [0.4, 0.5) is 10.1 Å². The molecule has 3 aromatic rings. The molecule has 0 bridgehead atoms. The second kappa shape index (κ2) is 7.61. The van der Waals surface area contributed by atoms with Gasteiger partial charge in [0.05, 0.1) is 11.3 Å². The van der Waals surface area contributed by atoms with Crippen LogP contribution in [0.3, 0.4) is 0 Å². The number of amides is 1. The number of nitrogens with one attached hydrogen (secondary N) is 1. The van der Waals surface area contributed by atoms with Crippen LogP contribution >= 0.6 is 0 Å². The minimum Gasteiger partial charge on any atom is -0.489 e. The molecular formula is C21H21FN2O3. The van der Waals surface area contributed by atoms with E-state index in [2.05, 4.69) is 10.5 Å². The third-order valence-electron chi connectivity index (χ3n) is 4.15. The molecule has 0 atom stereocenters. The van der Waals surface area contributed by atoms with Gasteiger partial charge in [0.1, 0.15) is 23.9 Å². The van der Waals surface area contributed by atoms with Crippen LogP contribution < -0.4 is 10.1 Å². The number of carbonyl (C=O) groups excluding carboxylic acids is 1. The lowest BCUT2D eigenvalue weighted by atomic mass is 10.1. The summed E-state index contributed by atoms with van der Waals surface area (Å²) < 4.78 is 24.9. The number of carbonyl (C=O) groups is 1. The highest BCUT2D eigenvalue weighted by Gasteiger charge is 2.21. The second-order valence-electron chi connectivity index (χ2n) is 6.62. The summed E-state index contributed by atoms with van der Waals surface area (Å²) >= 11 is 0. The predicted molar refractivity (Wildman–Crippen MR) is 101 cm³/mol. The summed E-state index contributed by atoms with van der Waals surface area (Å²) in [5.74, 6) is 0.121. The third-order valence-corrected chi connectivity index (χ3v) is 4.15. The van der Waals surface area contributed by atoms with Gasteiger partial charge in [-0.05, 0) is 68.7 Å². The van der Waals surface area contributed by atoms with E-state index in [1.165, 1.54) is 6.07 Å². The number of ether oxygens (including phenoxy) is 1. The molecule has 0 fully saturated rings. The van der Waals surface area contributed by atoms with Crippen LogP contribution in [-0.2, 0) is 6.61 Å². The largest absolute Gasteiger partial charge is 0.489 e. The zero-order chi connectivity index (χ0) is 19.6. The van der Waals surface area contributed by atoms with Gasteiger partial charge in [0.15, 0.2) is 5.69 Å². The van der Waals surface area contributed by atoms with Gasteiger partial charge >= 0.3 is 0 Å². The van der Waals surface area contributed by atoms with E-state index in [-0.39, 0.29) is 18.0 Å². The number of halogens is 1. The lowest BCUT2D eigenvalue weighted by molar-refractivity contribution is 0.101. The zero-order valence-electron chi connectivity index (χ0n) is 15.7. The van der Waals surface area contributed by atoms with E-state index in [0.29, 0.717) is 17.1 Å². The first kappa shape index (κ1) is 18.6. The topological polar surface area (TPSA) is 64.4 Å². The average molecular weight is 368 g/mol. The molecule has 0 radical (unpaired) electrons. The summed E-state index contributed by atoms with van der Waals surface area (Å²) in [4.78, 5) is 12.6. The molecule has 0 saturated carbocycles. The van der Waals surface area contributed by atoms with Crippen molar-refractivity contribution in [2.24, 2.45) is 0 Å². The Kier molecular flexibility index (Phi) is 5.26. The Morgan fingerprint density at radius 1 is 1.07 bits per heavy atom. The third kappa shape index (κ3) is 4.34. The Bertz CT molecular complexity index is 975. The molecule has 2 aromatic carbocycles. The smallest absolute Gasteiger partial charge is 0.278 e. The highest BCUT2D eigenvalue weighted by molar-refractivity contribution is 6.04. The van der Waals surface area contributed by atoms with E-state index in [1.54, 1.807) is 19.1 Å². The Morgan fingerprint density at radius 3 is 2.48 bits per heavy atom. The Balaban J connectivity index is 1.79. The molecule has 0 aliphatic heterocycles. The van der Waals surface area contributed by atoms with E-state index >= 15 is 0 Å². The maximum Gasteiger partial charge on any atom is 0.278 e. The monoisotopic (exact) mass is 368 g/mol. The van der Waals surface area contributed by atoms with Crippen LogP contribution in [0.5, 0.6) is 5.75 Å². The van der Waals surface area contributed by atoms with Gasteiger partial charge in [0.2, 0.25) is 0 Å². The van der Waals surface area contributed by atoms with Crippen molar-refractivity contribution in [3.05, 3.63) is 75.9 Å². The standard InChI is InChI=1S/C21H21FN2O3/c1-12-5-6-18(22)19(10-12)23-21(25)20-17(15(4)27-24-20)11-26-16-8-13(2)7-14(3)9-16/h5-10H,11H2,1-4H3,(H,23,25). The Morgan fingerprint density at radius 2 is 1.78 bits per heavy atom. The van der Waals surface area contributed by atoms with Crippen molar-refractivity contribution in [2.75, 3.05) is 5.32 Å². The van der Waals surface area contributed by atoms with E-state index in [9.17, 15) is 9.18 Å². The van der Waals surface area contributed by atoms with Crippen molar-refractivity contribution in [3.8, 4) is 5.75 Å². The van der Waals surface area contributed by atoms with Gasteiger partial charge in [-0.2, -0.15) is 0 Å². The van der Waals surface area contributed by atoms with Gasteiger partial charge in [0.25, 0.3) is 5.91 Å². The number of nitrogens with zero attached hydrogens (tertiary/aromatic N) is 1. The number of benzene rings is 2. The van der Waals surface area contributed by atoms with Gasteiger partial charge in [-0.15, -0.1) is 0 Å². The maximum atomic E-state index is 13.9. The number of aryl methyl sites for hydroxylation is 4. The molecule has 3 rings (SSSR count). The normalized spacial score (nSPS) is 10.7. The van der Waals surface area contributed by atoms with Crippen molar-refractivity contribution in [3.63, 3.8) is 0 Å². The number of aromatic nitrogens is 1. The molecule has 1 aromatic heterocycles. The van der Waals surface area contributed by atoms with Crippen LogP contribution in [0.2, 0.25) is 0 Å². The SMILES string of the molecule is Cc1cc(C)cc(OCc2c(C(=O)Nc3cc(C)ccc3F)noc2C)c1. The Hall–Kier alpha value is -3.15. The van der Waals surface area contributed by atoms with Crippen LogP contribution in [0.15, 0.2) is 40.9 Å². The van der Waals surface area contributed by atoms with Crippen molar-refractivity contribution in [1.29, 1.82) is 0 Å². The summed E-state index contributed by atoms with van der Waals surface area (Å²) in [6.07, 6.45) is 0. The molecule has 1 amide bonds. The fraction of sp³-hybridized carbons (Fsp3) is 0.238. The summed E-state index contributed by atoms with van der Waals surface area (Å²) in [5.41, 5.74) is 3.71. The molecule has 1 N–H and O–H groups in total. The fourth-order valence-electron chi connectivity index (χ4n) is 2.83. The minimum atomic E-state index is -0.546. The first-order valence-corrected chi connectivity index (χ1v) is 8.57. The van der Waals surface area contributed by atoms with Crippen LogP contribution in [0, 0.1) is 33.5 Å².